The highest BCUT2D eigenvalue weighted by atomic mass is 32.1. The fraction of sp³-hybridized carbons (Fsp3) is 0.174. The molecule has 0 spiro atoms. The van der Waals surface area contributed by atoms with Gasteiger partial charge in [-0.2, -0.15) is 0 Å². The second-order valence-corrected chi connectivity index (χ2v) is 8.67. The number of nitrogens with zero attached hydrogens (tertiary/aromatic N) is 5. The topological polar surface area (TPSA) is 118 Å². The number of anilines is 1. The van der Waals surface area contributed by atoms with Gasteiger partial charge in [-0.15, -0.1) is 10.2 Å². The lowest BCUT2D eigenvalue weighted by atomic mass is 10.1. The van der Waals surface area contributed by atoms with Crippen LogP contribution in [-0.4, -0.2) is 49.3 Å². The number of aryl methyl sites for hydroxylation is 2. The highest BCUT2D eigenvalue weighted by Crippen LogP contribution is 2.24. The van der Waals surface area contributed by atoms with Gasteiger partial charge in [-0.1, -0.05) is 23.5 Å². The molecule has 10 heteroatoms. The molecule has 164 valence electrons. The van der Waals surface area contributed by atoms with Gasteiger partial charge < -0.3 is 0 Å². The van der Waals surface area contributed by atoms with E-state index < -0.39 is 0 Å². The minimum absolute atomic E-state index is 0.192. The van der Waals surface area contributed by atoms with Gasteiger partial charge in [-0.3, -0.25) is 24.6 Å². The minimum Gasteiger partial charge on any atom is -0.296 e. The first-order valence-electron chi connectivity index (χ1n) is 10.2. The van der Waals surface area contributed by atoms with E-state index in [1.165, 1.54) is 16.2 Å². The van der Waals surface area contributed by atoms with Gasteiger partial charge in [0.1, 0.15) is 5.01 Å². The highest BCUT2D eigenvalue weighted by molar-refractivity contribution is 7.15. The summed E-state index contributed by atoms with van der Waals surface area (Å²) in [6, 6.07) is 11.9. The van der Waals surface area contributed by atoms with Crippen LogP contribution in [0.4, 0.5) is 5.13 Å². The van der Waals surface area contributed by atoms with E-state index in [4.69, 9.17) is 0 Å². The van der Waals surface area contributed by atoms with Crippen molar-refractivity contribution in [2.75, 3.05) is 11.9 Å². The van der Waals surface area contributed by atoms with Crippen molar-refractivity contribution in [3.05, 3.63) is 75.6 Å². The first-order valence-corrected chi connectivity index (χ1v) is 11.1. The number of nitrogens with one attached hydrogen (secondary N) is 1. The molecule has 0 aliphatic carbocycles. The average Bonchev–Trinajstić information content (AvgIpc) is 3.35. The lowest BCUT2D eigenvalue weighted by Crippen LogP contribution is -2.31. The van der Waals surface area contributed by atoms with Crippen molar-refractivity contribution < 1.29 is 14.4 Å². The van der Waals surface area contributed by atoms with E-state index in [1.807, 2.05) is 13.8 Å². The molecular formula is C23H18N6O3S. The van der Waals surface area contributed by atoms with E-state index >= 15 is 0 Å². The predicted molar refractivity (Wildman–Crippen MR) is 122 cm³/mol. The number of imide groups is 1. The van der Waals surface area contributed by atoms with Crippen LogP contribution in [0.5, 0.6) is 0 Å². The number of rotatable bonds is 5. The molecule has 0 saturated carbocycles. The molecule has 33 heavy (non-hydrogen) atoms. The fourth-order valence-corrected chi connectivity index (χ4v) is 4.32. The summed E-state index contributed by atoms with van der Waals surface area (Å²) in [4.78, 5) is 47.8. The van der Waals surface area contributed by atoms with Gasteiger partial charge in [0, 0.05) is 18.5 Å². The van der Waals surface area contributed by atoms with Crippen LogP contribution >= 0.6 is 11.3 Å². The fourth-order valence-electron chi connectivity index (χ4n) is 3.60. The van der Waals surface area contributed by atoms with E-state index in [0.29, 0.717) is 38.8 Å². The zero-order valence-corrected chi connectivity index (χ0v) is 18.6. The highest BCUT2D eigenvalue weighted by Gasteiger charge is 2.34. The molecule has 4 aromatic rings. The van der Waals surface area contributed by atoms with Crippen LogP contribution in [0.25, 0.3) is 11.0 Å². The largest absolute Gasteiger partial charge is 0.296 e. The molecule has 0 atom stereocenters. The Morgan fingerprint density at radius 1 is 0.939 bits per heavy atom. The Balaban J connectivity index is 1.25. The Morgan fingerprint density at radius 3 is 2.30 bits per heavy atom. The number of carbonyl (C=O) groups is 3. The van der Waals surface area contributed by atoms with Crippen molar-refractivity contribution >= 4 is 45.2 Å². The molecule has 1 aliphatic rings. The third-order valence-corrected chi connectivity index (χ3v) is 6.35. The second-order valence-electron chi connectivity index (χ2n) is 7.61. The molecule has 0 fully saturated rings. The van der Waals surface area contributed by atoms with E-state index in [9.17, 15) is 14.4 Å². The molecule has 0 unspecified atom stereocenters. The van der Waals surface area contributed by atoms with Gasteiger partial charge in [-0.25, -0.2) is 9.97 Å². The number of hydrogen-bond donors (Lipinski definition) is 1. The van der Waals surface area contributed by atoms with Gasteiger partial charge in [0.2, 0.25) is 5.13 Å². The van der Waals surface area contributed by atoms with Gasteiger partial charge >= 0.3 is 0 Å². The number of amides is 3. The standard InChI is InChI=1S/C23H18N6O3S/c1-12-13(2)25-18-11-14(7-8-17(18)24-12)20(30)26-23-28-27-19(33-23)9-10-29-21(31)15-5-3-4-6-16(15)22(29)32/h3-8,11H,9-10H2,1-2H3,(H,26,28,30). The summed E-state index contributed by atoms with van der Waals surface area (Å²) in [6.07, 6.45) is 0.350. The second kappa shape index (κ2) is 8.14. The smallest absolute Gasteiger partial charge is 0.261 e. The summed E-state index contributed by atoms with van der Waals surface area (Å²) in [5.74, 6) is -0.947. The molecular weight excluding hydrogens is 440 g/mol. The van der Waals surface area contributed by atoms with Crippen molar-refractivity contribution in [1.29, 1.82) is 0 Å². The Kier molecular flexibility index (Phi) is 5.14. The third-order valence-electron chi connectivity index (χ3n) is 5.45. The summed E-state index contributed by atoms with van der Waals surface area (Å²) >= 11 is 1.20. The molecule has 0 radical (unpaired) electrons. The zero-order valence-electron chi connectivity index (χ0n) is 17.8. The van der Waals surface area contributed by atoms with E-state index in [-0.39, 0.29) is 24.3 Å². The average molecular weight is 459 g/mol. The molecule has 5 rings (SSSR count). The summed E-state index contributed by atoms with van der Waals surface area (Å²) in [7, 11) is 0. The summed E-state index contributed by atoms with van der Waals surface area (Å²) in [6.45, 7) is 3.96. The van der Waals surface area contributed by atoms with Crippen LogP contribution in [0.15, 0.2) is 42.5 Å². The minimum atomic E-state index is -0.333. The normalized spacial score (nSPS) is 13.0. The van der Waals surface area contributed by atoms with Crippen LogP contribution in [0, 0.1) is 13.8 Å². The van der Waals surface area contributed by atoms with Gasteiger partial charge in [-0.05, 0) is 44.2 Å². The van der Waals surface area contributed by atoms with Crippen LogP contribution in [0.1, 0.15) is 47.5 Å². The summed E-state index contributed by atoms with van der Waals surface area (Å²) < 4.78 is 0. The van der Waals surface area contributed by atoms with Gasteiger partial charge in [0.05, 0.1) is 33.5 Å². The van der Waals surface area contributed by atoms with Crippen molar-refractivity contribution in [2.24, 2.45) is 0 Å². The Morgan fingerprint density at radius 2 is 1.61 bits per heavy atom. The molecule has 1 aliphatic heterocycles. The van der Waals surface area contributed by atoms with Crippen molar-refractivity contribution in [1.82, 2.24) is 25.1 Å². The van der Waals surface area contributed by atoms with E-state index in [0.717, 1.165) is 16.9 Å². The number of aromatic nitrogens is 4. The molecule has 9 nitrogen and oxygen atoms in total. The van der Waals surface area contributed by atoms with E-state index in [1.54, 1.807) is 42.5 Å². The number of hydrogen-bond acceptors (Lipinski definition) is 8. The zero-order chi connectivity index (χ0) is 23.1. The quantitative estimate of drug-likeness (QED) is 0.456. The van der Waals surface area contributed by atoms with Crippen molar-refractivity contribution in [3.8, 4) is 0 Å². The maximum Gasteiger partial charge on any atom is 0.261 e. The Bertz CT molecular complexity index is 1410. The Hall–Kier alpha value is -4.05. The summed E-state index contributed by atoms with van der Waals surface area (Å²) in [5, 5.41) is 11.8. The van der Waals surface area contributed by atoms with Crippen LogP contribution in [0.2, 0.25) is 0 Å². The molecule has 2 aromatic carbocycles. The lowest BCUT2D eigenvalue weighted by Gasteiger charge is -2.12. The third kappa shape index (κ3) is 3.85. The molecule has 3 amide bonds. The summed E-state index contributed by atoms with van der Waals surface area (Å²) in [5.41, 5.74) is 4.29. The number of benzene rings is 2. The molecule has 1 N–H and O–H groups in total. The van der Waals surface area contributed by atoms with Crippen LogP contribution in [-0.2, 0) is 6.42 Å². The molecule has 3 heterocycles. The first-order chi connectivity index (χ1) is 15.9. The van der Waals surface area contributed by atoms with Crippen molar-refractivity contribution in [2.45, 2.75) is 20.3 Å². The first kappa shape index (κ1) is 20.8. The lowest BCUT2D eigenvalue weighted by molar-refractivity contribution is 0.0655. The van der Waals surface area contributed by atoms with E-state index in [2.05, 4.69) is 25.5 Å². The molecule has 0 bridgehead atoms. The number of fused-ring (bicyclic) bond motifs is 2. The molecule has 2 aromatic heterocycles. The van der Waals surface area contributed by atoms with Gasteiger partial charge in [0.25, 0.3) is 17.7 Å². The van der Waals surface area contributed by atoms with Crippen LogP contribution < -0.4 is 5.32 Å². The maximum atomic E-state index is 12.7. The molecule has 0 saturated heterocycles. The van der Waals surface area contributed by atoms with Crippen molar-refractivity contribution in [3.63, 3.8) is 0 Å². The monoisotopic (exact) mass is 458 g/mol. The Labute approximate surface area is 192 Å². The SMILES string of the molecule is Cc1nc2ccc(C(=O)Nc3nnc(CCN4C(=O)c5ccccc5C4=O)s3)cc2nc1C. The maximum absolute atomic E-state index is 12.7. The van der Waals surface area contributed by atoms with Crippen LogP contribution in [0.3, 0.4) is 0 Å². The van der Waals surface area contributed by atoms with Gasteiger partial charge in [0.15, 0.2) is 0 Å². The predicted octanol–water partition coefficient (Wildman–Crippen LogP) is 3.19. The number of carbonyl (C=O) groups excluding carboxylic acids is 3.